The van der Waals surface area contributed by atoms with Crippen LogP contribution in [-0.4, -0.2) is 21.1 Å². The number of hydrogen-bond acceptors (Lipinski definition) is 3. The van der Waals surface area contributed by atoms with E-state index in [1.807, 2.05) is 21.1 Å². The predicted octanol–water partition coefficient (Wildman–Crippen LogP) is 1.89. The Balaban J connectivity index is 2.51. The number of fused-ring (bicyclic) bond motifs is 1. The molecule has 1 aliphatic rings. The number of benzene rings is 1. The van der Waals surface area contributed by atoms with E-state index in [0.717, 1.165) is 6.42 Å². The molecule has 3 N–H and O–H groups in total. The molecule has 0 aromatic heterocycles. The second-order valence-electron chi connectivity index (χ2n) is 3.65. The number of hydrogen-bond donors (Lipinski definition) is 3. The maximum Gasteiger partial charge on any atom is 0.0416 e. The van der Waals surface area contributed by atoms with Crippen LogP contribution in [0.4, 0.5) is 11.4 Å². The molecule has 1 aromatic carbocycles. The number of likely N-dealkylation sites (N-methyl/N-ethyl adjacent to an activating group) is 1. The molecule has 0 amide bonds. The summed E-state index contributed by atoms with van der Waals surface area (Å²) >= 11 is 0. The van der Waals surface area contributed by atoms with Gasteiger partial charge in [0.15, 0.2) is 0 Å². The molecule has 0 spiro atoms. The summed E-state index contributed by atoms with van der Waals surface area (Å²) in [7, 11) is 5.89. The topological polar surface area (TPSA) is 36.1 Å². The van der Waals surface area contributed by atoms with Crippen LogP contribution in [0.3, 0.4) is 0 Å². The van der Waals surface area contributed by atoms with Gasteiger partial charge in [0.1, 0.15) is 0 Å². The molecule has 0 saturated carbocycles. The summed E-state index contributed by atoms with van der Waals surface area (Å²) in [6, 6.07) is 4.23. The first-order chi connectivity index (χ1) is 7.30. The van der Waals surface area contributed by atoms with Gasteiger partial charge in [0.25, 0.3) is 0 Å². The third-order valence-corrected chi connectivity index (χ3v) is 2.90. The Labute approximate surface area is 90.6 Å². The van der Waals surface area contributed by atoms with Crippen LogP contribution < -0.4 is 16.0 Å². The van der Waals surface area contributed by atoms with E-state index < -0.39 is 0 Å². The molecule has 0 saturated heterocycles. The summed E-state index contributed by atoms with van der Waals surface area (Å²) in [5, 5.41) is 9.68. The standard InChI is InChI=1S/C12H17N3/c1-13-8-6-9-10(7-8)12(15-3)5-4-11(9)14-2/h4-6,13-15H,7H2,1-3H3. The Morgan fingerprint density at radius 1 is 0.933 bits per heavy atom. The van der Waals surface area contributed by atoms with Gasteiger partial charge in [0.05, 0.1) is 0 Å². The van der Waals surface area contributed by atoms with Crippen LogP contribution in [0.2, 0.25) is 0 Å². The van der Waals surface area contributed by atoms with E-state index in [1.54, 1.807) is 0 Å². The van der Waals surface area contributed by atoms with E-state index in [1.165, 1.54) is 28.2 Å². The lowest BCUT2D eigenvalue weighted by Gasteiger charge is -2.11. The number of allylic oxidation sites excluding steroid dienone is 1. The molecule has 0 radical (unpaired) electrons. The SMILES string of the molecule is CNC1=Cc2c(NC)ccc(NC)c2C1. The minimum absolute atomic E-state index is 0.984. The second-order valence-corrected chi connectivity index (χ2v) is 3.65. The van der Waals surface area contributed by atoms with Crippen molar-refractivity contribution in [2.45, 2.75) is 6.42 Å². The summed E-state index contributed by atoms with van der Waals surface area (Å²) in [5.74, 6) is 0. The highest BCUT2D eigenvalue weighted by atomic mass is 14.9. The van der Waals surface area contributed by atoms with Gasteiger partial charge in [-0.15, -0.1) is 0 Å². The monoisotopic (exact) mass is 203 g/mol. The number of anilines is 2. The second kappa shape index (κ2) is 3.85. The zero-order valence-electron chi connectivity index (χ0n) is 9.44. The lowest BCUT2D eigenvalue weighted by atomic mass is 10.1. The van der Waals surface area contributed by atoms with Crippen LogP contribution in [0, 0.1) is 0 Å². The van der Waals surface area contributed by atoms with Crippen LogP contribution in [0.5, 0.6) is 0 Å². The van der Waals surface area contributed by atoms with Gasteiger partial charge in [-0.05, 0) is 23.8 Å². The molecule has 0 atom stereocenters. The zero-order chi connectivity index (χ0) is 10.8. The third-order valence-electron chi connectivity index (χ3n) is 2.90. The molecule has 0 fully saturated rings. The Bertz CT molecular complexity index is 408. The van der Waals surface area contributed by atoms with Crippen LogP contribution in [0.25, 0.3) is 6.08 Å². The first kappa shape index (κ1) is 9.90. The largest absolute Gasteiger partial charge is 0.391 e. The van der Waals surface area contributed by atoms with Crippen molar-refractivity contribution in [3.05, 3.63) is 29.0 Å². The van der Waals surface area contributed by atoms with E-state index in [9.17, 15) is 0 Å². The van der Waals surface area contributed by atoms with Gasteiger partial charge < -0.3 is 16.0 Å². The molecule has 1 aromatic rings. The molecular formula is C12H17N3. The van der Waals surface area contributed by atoms with E-state index in [0.29, 0.717) is 0 Å². The van der Waals surface area contributed by atoms with Gasteiger partial charge in [-0.1, -0.05) is 0 Å². The average Bonchev–Trinajstić information content (AvgIpc) is 2.71. The molecule has 1 aliphatic carbocycles. The summed E-state index contributed by atoms with van der Waals surface area (Å²) in [4.78, 5) is 0. The molecule has 0 unspecified atom stereocenters. The van der Waals surface area contributed by atoms with Gasteiger partial charge in [0.2, 0.25) is 0 Å². The van der Waals surface area contributed by atoms with Crippen LogP contribution in [0.15, 0.2) is 17.8 Å². The van der Waals surface area contributed by atoms with Crippen molar-refractivity contribution in [3.63, 3.8) is 0 Å². The van der Waals surface area contributed by atoms with E-state index in [-0.39, 0.29) is 0 Å². The van der Waals surface area contributed by atoms with Gasteiger partial charge in [-0.25, -0.2) is 0 Å². The molecule has 0 heterocycles. The lowest BCUT2D eigenvalue weighted by molar-refractivity contribution is 0.949. The highest BCUT2D eigenvalue weighted by molar-refractivity contribution is 5.80. The van der Waals surface area contributed by atoms with Crippen molar-refractivity contribution in [2.75, 3.05) is 31.8 Å². The van der Waals surface area contributed by atoms with Crippen molar-refractivity contribution >= 4 is 17.5 Å². The minimum Gasteiger partial charge on any atom is -0.391 e. The van der Waals surface area contributed by atoms with Crippen LogP contribution in [-0.2, 0) is 6.42 Å². The fourth-order valence-electron chi connectivity index (χ4n) is 2.05. The third kappa shape index (κ3) is 1.54. The molecular weight excluding hydrogens is 186 g/mol. The minimum atomic E-state index is 0.984. The van der Waals surface area contributed by atoms with Crippen molar-refractivity contribution < 1.29 is 0 Å². The van der Waals surface area contributed by atoms with Crippen molar-refractivity contribution in [1.29, 1.82) is 0 Å². The first-order valence-electron chi connectivity index (χ1n) is 5.20. The number of rotatable bonds is 3. The van der Waals surface area contributed by atoms with E-state index in [2.05, 4.69) is 34.2 Å². The van der Waals surface area contributed by atoms with Crippen molar-refractivity contribution in [1.82, 2.24) is 5.32 Å². The van der Waals surface area contributed by atoms with Gasteiger partial charge in [0, 0.05) is 50.2 Å². The van der Waals surface area contributed by atoms with Crippen molar-refractivity contribution in [2.24, 2.45) is 0 Å². The van der Waals surface area contributed by atoms with Gasteiger partial charge in [-0.3, -0.25) is 0 Å². The Morgan fingerprint density at radius 3 is 2.20 bits per heavy atom. The quantitative estimate of drug-likeness (QED) is 0.702. The summed E-state index contributed by atoms with van der Waals surface area (Å²) < 4.78 is 0. The zero-order valence-corrected chi connectivity index (χ0v) is 9.44. The Morgan fingerprint density at radius 2 is 1.60 bits per heavy atom. The fourth-order valence-corrected chi connectivity index (χ4v) is 2.05. The normalized spacial score (nSPS) is 13.1. The number of nitrogens with one attached hydrogen (secondary N) is 3. The molecule has 0 bridgehead atoms. The molecule has 15 heavy (non-hydrogen) atoms. The summed E-state index contributed by atoms with van der Waals surface area (Å²) in [6.45, 7) is 0. The maximum atomic E-state index is 3.23. The van der Waals surface area contributed by atoms with Crippen molar-refractivity contribution in [3.8, 4) is 0 Å². The molecule has 3 nitrogen and oxygen atoms in total. The van der Waals surface area contributed by atoms with Gasteiger partial charge >= 0.3 is 0 Å². The maximum absolute atomic E-state index is 3.23. The van der Waals surface area contributed by atoms with Gasteiger partial charge in [-0.2, -0.15) is 0 Å². The van der Waals surface area contributed by atoms with Crippen LogP contribution >= 0.6 is 0 Å². The predicted molar refractivity (Wildman–Crippen MR) is 66.3 cm³/mol. The van der Waals surface area contributed by atoms with Crippen LogP contribution in [0.1, 0.15) is 11.1 Å². The lowest BCUT2D eigenvalue weighted by Crippen LogP contribution is -2.05. The molecule has 80 valence electrons. The summed E-state index contributed by atoms with van der Waals surface area (Å²) in [6.07, 6.45) is 3.19. The Hall–Kier alpha value is -1.64. The molecule has 3 heteroatoms. The molecule has 2 rings (SSSR count). The highest BCUT2D eigenvalue weighted by Crippen LogP contribution is 2.34. The van der Waals surface area contributed by atoms with E-state index >= 15 is 0 Å². The smallest absolute Gasteiger partial charge is 0.0416 e. The Kier molecular flexibility index (Phi) is 2.54. The average molecular weight is 203 g/mol. The fraction of sp³-hybridized carbons (Fsp3) is 0.333. The first-order valence-corrected chi connectivity index (χ1v) is 5.20. The molecule has 0 aliphatic heterocycles. The highest BCUT2D eigenvalue weighted by Gasteiger charge is 2.17. The summed E-state index contributed by atoms with van der Waals surface area (Å²) in [5.41, 5.74) is 6.34. The van der Waals surface area contributed by atoms with E-state index in [4.69, 9.17) is 0 Å².